The molecule has 1 aromatic heterocycles. The van der Waals surface area contributed by atoms with E-state index in [1.807, 2.05) is 11.3 Å². The van der Waals surface area contributed by atoms with Gasteiger partial charge >= 0.3 is 0 Å². The second kappa shape index (κ2) is 6.15. The lowest BCUT2D eigenvalue weighted by Gasteiger charge is -2.49. The molecule has 0 bridgehead atoms. The monoisotopic (exact) mass is 294 g/mol. The molecule has 1 N–H and O–H groups in total. The fourth-order valence-corrected chi connectivity index (χ4v) is 5.00. The zero-order valence-electron chi connectivity index (χ0n) is 13.9. The molecule has 1 heterocycles. The van der Waals surface area contributed by atoms with E-state index in [1.165, 1.54) is 24.3 Å². The Hall–Kier alpha value is -0.410. The summed E-state index contributed by atoms with van der Waals surface area (Å²) in [5, 5.41) is 7.45. The molecule has 3 heteroatoms. The Bertz CT molecular complexity index is 434. The maximum absolute atomic E-state index is 4.88. The largest absolute Gasteiger partial charge is 0.303 e. The lowest BCUT2D eigenvalue weighted by atomic mass is 9.65. The van der Waals surface area contributed by atoms with Crippen molar-refractivity contribution >= 4 is 11.3 Å². The van der Waals surface area contributed by atoms with Crippen LogP contribution in [0.1, 0.15) is 64.6 Å². The third kappa shape index (κ3) is 3.09. The molecule has 0 amide bonds. The van der Waals surface area contributed by atoms with Crippen LogP contribution < -0.4 is 5.32 Å². The van der Waals surface area contributed by atoms with Crippen LogP contribution in [-0.4, -0.2) is 11.0 Å². The molecule has 1 aliphatic rings. The molecule has 0 aromatic carbocycles. The maximum Gasteiger partial charge on any atom is 0.113 e. The van der Waals surface area contributed by atoms with E-state index in [1.54, 1.807) is 0 Å². The van der Waals surface area contributed by atoms with Gasteiger partial charge in [-0.2, -0.15) is 0 Å². The van der Waals surface area contributed by atoms with Crippen molar-refractivity contribution in [3.05, 3.63) is 16.1 Å². The fraction of sp³-hybridized carbons (Fsp3) is 0.824. The van der Waals surface area contributed by atoms with Gasteiger partial charge in [0.1, 0.15) is 5.01 Å². The van der Waals surface area contributed by atoms with Gasteiger partial charge in [-0.3, -0.25) is 0 Å². The Morgan fingerprint density at radius 1 is 1.30 bits per heavy atom. The lowest BCUT2D eigenvalue weighted by molar-refractivity contribution is 0.0645. The van der Waals surface area contributed by atoms with Crippen LogP contribution in [0, 0.1) is 24.7 Å². The smallest absolute Gasteiger partial charge is 0.113 e. The summed E-state index contributed by atoms with van der Waals surface area (Å²) in [5.41, 5.74) is 1.24. The van der Waals surface area contributed by atoms with Crippen LogP contribution in [0.5, 0.6) is 0 Å². The summed E-state index contributed by atoms with van der Waals surface area (Å²) < 4.78 is 0. The van der Waals surface area contributed by atoms with Crippen LogP contribution in [0.3, 0.4) is 0 Å². The number of nitrogens with zero attached hydrogens (tertiary/aromatic N) is 1. The Balaban J connectivity index is 2.46. The van der Waals surface area contributed by atoms with Gasteiger partial charge in [-0.25, -0.2) is 4.98 Å². The summed E-state index contributed by atoms with van der Waals surface area (Å²) in [6.07, 6.45) is 3.90. The van der Waals surface area contributed by atoms with Crippen LogP contribution in [0.2, 0.25) is 0 Å². The van der Waals surface area contributed by atoms with Gasteiger partial charge < -0.3 is 5.32 Å². The molecular weight excluding hydrogens is 264 g/mol. The average molecular weight is 295 g/mol. The summed E-state index contributed by atoms with van der Waals surface area (Å²) in [5.74, 6) is 2.16. The minimum Gasteiger partial charge on any atom is -0.303 e. The van der Waals surface area contributed by atoms with Crippen LogP contribution in [-0.2, 0) is 5.54 Å². The minimum atomic E-state index is 0.0823. The molecule has 0 aliphatic heterocycles. The van der Waals surface area contributed by atoms with E-state index in [0.29, 0.717) is 17.9 Å². The summed E-state index contributed by atoms with van der Waals surface area (Å²) in [6.45, 7) is 13.8. The minimum absolute atomic E-state index is 0.0823. The third-order valence-electron chi connectivity index (χ3n) is 4.63. The predicted octanol–water partition coefficient (Wildman–Crippen LogP) is 4.74. The van der Waals surface area contributed by atoms with Gasteiger partial charge in [-0.15, -0.1) is 11.3 Å². The zero-order chi connectivity index (χ0) is 14.9. The standard InChI is InChI=1S/C17H30N2S/c1-11(2)15-8-7-13(5)9-17(15,19-12(3)4)16-18-14(6)10-20-16/h10-13,15,19H,7-9H2,1-6H3. The van der Waals surface area contributed by atoms with Crippen molar-refractivity contribution in [1.82, 2.24) is 10.3 Å². The molecular formula is C17H30N2S. The van der Waals surface area contributed by atoms with Gasteiger partial charge in [0.05, 0.1) is 5.54 Å². The van der Waals surface area contributed by atoms with Gasteiger partial charge in [-0.1, -0.05) is 27.2 Å². The first-order chi connectivity index (χ1) is 9.35. The van der Waals surface area contributed by atoms with Gasteiger partial charge in [0.15, 0.2) is 0 Å². The van der Waals surface area contributed by atoms with Crippen LogP contribution >= 0.6 is 11.3 Å². The topological polar surface area (TPSA) is 24.9 Å². The maximum atomic E-state index is 4.88. The van der Waals surface area contributed by atoms with Crippen molar-refractivity contribution in [3.8, 4) is 0 Å². The first kappa shape index (κ1) is 16.0. The molecule has 1 aromatic rings. The first-order valence-corrected chi connectivity index (χ1v) is 8.93. The highest BCUT2D eigenvalue weighted by Crippen LogP contribution is 2.48. The number of nitrogens with one attached hydrogen (secondary N) is 1. The van der Waals surface area contributed by atoms with E-state index >= 15 is 0 Å². The van der Waals surface area contributed by atoms with Crippen LogP contribution in [0.25, 0.3) is 0 Å². The molecule has 0 saturated heterocycles. The highest BCUT2D eigenvalue weighted by molar-refractivity contribution is 7.09. The van der Waals surface area contributed by atoms with Crippen LogP contribution in [0.4, 0.5) is 0 Å². The van der Waals surface area contributed by atoms with Crippen molar-refractivity contribution < 1.29 is 0 Å². The molecule has 3 atom stereocenters. The molecule has 2 rings (SSSR count). The fourth-order valence-electron chi connectivity index (χ4n) is 3.96. The summed E-state index contributed by atoms with van der Waals surface area (Å²) >= 11 is 1.85. The lowest BCUT2D eigenvalue weighted by Crippen LogP contribution is -2.55. The van der Waals surface area contributed by atoms with Crippen LogP contribution in [0.15, 0.2) is 5.38 Å². The Labute approximate surface area is 128 Å². The van der Waals surface area contributed by atoms with E-state index in [4.69, 9.17) is 4.98 Å². The highest BCUT2D eigenvalue weighted by Gasteiger charge is 2.47. The van der Waals surface area contributed by atoms with Crippen molar-refractivity contribution in [1.29, 1.82) is 0 Å². The molecule has 2 nitrogen and oxygen atoms in total. The molecule has 0 spiro atoms. The third-order valence-corrected chi connectivity index (χ3v) is 5.76. The number of aryl methyl sites for hydroxylation is 1. The van der Waals surface area contributed by atoms with E-state index in [2.05, 4.69) is 52.2 Å². The number of hydrogen-bond acceptors (Lipinski definition) is 3. The van der Waals surface area contributed by atoms with E-state index in [-0.39, 0.29) is 5.54 Å². The Morgan fingerprint density at radius 3 is 2.50 bits per heavy atom. The molecule has 1 fully saturated rings. The Morgan fingerprint density at radius 2 is 2.00 bits per heavy atom. The van der Waals surface area contributed by atoms with Crippen molar-refractivity contribution in [2.75, 3.05) is 0 Å². The normalized spacial score (nSPS) is 31.2. The van der Waals surface area contributed by atoms with E-state index in [9.17, 15) is 0 Å². The number of hydrogen-bond donors (Lipinski definition) is 1. The first-order valence-electron chi connectivity index (χ1n) is 8.05. The zero-order valence-corrected chi connectivity index (χ0v) is 14.7. The van der Waals surface area contributed by atoms with Gasteiger partial charge in [0, 0.05) is 17.1 Å². The summed E-state index contributed by atoms with van der Waals surface area (Å²) in [7, 11) is 0. The molecule has 1 aliphatic carbocycles. The second-order valence-electron chi connectivity index (χ2n) is 7.30. The van der Waals surface area contributed by atoms with E-state index in [0.717, 1.165) is 11.6 Å². The molecule has 1 saturated carbocycles. The summed E-state index contributed by atoms with van der Waals surface area (Å²) in [6, 6.07) is 0.491. The number of thiazole rings is 1. The average Bonchev–Trinajstić information content (AvgIpc) is 2.75. The SMILES string of the molecule is Cc1csc(C2(NC(C)C)CC(C)CCC2C(C)C)n1. The molecule has 114 valence electrons. The number of aromatic nitrogens is 1. The summed E-state index contributed by atoms with van der Waals surface area (Å²) in [4.78, 5) is 4.88. The predicted molar refractivity (Wildman–Crippen MR) is 88.1 cm³/mol. The van der Waals surface area contributed by atoms with Gasteiger partial charge in [0.25, 0.3) is 0 Å². The molecule has 0 radical (unpaired) electrons. The molecule has 3 unspecified atom stereocenters. The van der Waals surface area contributed by atoms with Crippen molar-refractivity contribution in [2.45, 2.75) is 72.4 Å². The molecule has 20 heavy (non-hydrogen) atoms. The van der Waals surface area contributed by atoms with Gasteiger partial charge in [0.2, 0.25) is 0 Å². The van der Waals surface area contributed by atoms with Gasteiger partial charge in [-0.05, 0) is 51.4 Å². The highest BCUT2D eigenvalue weighted by atomic mass is 32.1. The Kier molecular flexibility index (Phi) is 4.91. The van der Waals surface area contributed by atoms with Crippen molar-refractivity contribution in [2.24, 2.45) is 17.8 Å². The van der Waals surface area contributed by atoms with Crippen molar-refractivity contribution in [3.63, 3.8) is 0 Å². The quantitative estimate of drug-likeness (QED) is 0.868. The number of rotatable bonds is 4. The second-order valence-corrected chi connectivity index (χ2v) is 8.16. The van der Waals surface area contributed by atoms with E-state index < -0.39 is 0 Å².